The van der Waals surface area contributed by atoms with Gasteiger partial charge in [0.25, 0.3) is 5.91 Å². The number of hydrogen-bond donors (Lipinski definition) is 2. The van der Waals surface area contributed by atoms with E-state index in [4.69, 9.17) is 4.74 Å². The number of anilines is 1. The number of carbonyl (C=O) groups is 3. The zero-order chi connectivity index (χ0) is 24.7. The second-order valence-electron chi connectivity index (χ2n) is 8.02. The molecule has 1 heterocycles. The monoisotopic (exact) mass is 487 g/mol. The Morgan fingerprint density at radius 3 is 2.35 bits per heavy atom. The molecule has 0 spiro atoms. The predicted octanol–water partition coefficient (Wildman–Crippen LogP) is 2.44. The van der Waals surface area contributed by atoms with Gasteiger partial charge in [0.1, 0.15) is 5.75 Å². The van der Waals surface area contributed by atoms with Gasteiger partial charge in [0, 0.05) is 36.8 Å². The Hall–Kier alpha value is -3.24. The van der Waals surface area contributed by atoms with Crippen molar-refractivity contribution in [3.63, 3.8) is 0 Å². The molecular weight excluding hydrogens is 458 g/mol. The van der Waals surface area contributed by atoms with Gasteiger partial charge in [0.2, 0.25) is 15.9 Å². The molecule has 2 aromatic rings. The number of benzene rings is 2. The van der Waals surface area contributed by atoms with Crippen molar-refractivity contribution >= 4 is 33.3 Å². The smallest absolute Gasteiger partial charge is 0.257 e. The summed E-state index contributed by atoms with van der Waals surface area (Å²) in [6.07, 6.45) is 0.788. The molecule has 0 unspecified atom stereocenters. The molecule has 0 aliphatic carbocycles. The highest BCUT2D eigenvalue weighted by molar-refractivity contribution is 7.89. The van der Waals surface area contributed by atoms with Gasteiger partial charge in [-0.2, -0.15) is 4.31 Å². The van der Waals surface area contributed by atoms with Crippen LogP contribution in [0.2, 0.25) is 0 Å². The summed E-state index contributed by atoms with van der Waals surface area (Å²) in [5, 5.41) is 5.49. The van der Waals surface area contributed by atoms with Crippen LogP contribution in [0, 0.1) is 5.92 Å². The fourth-order valence-corrected chi connectivity index (χ4v) is 5.17. The summed E-state index contributed by atoms with van der Waals surface area (Å²) in [5.41, 5.74) is 0.933. The fourth-order valence-electron chi connectivity index (χ4n) is 3.66. The SMILES string of the molecule is CCNC(=O)COc1ccc(NC(=O)C2CCN(S(=O)(=O)c3cccc(C(C)=O)c3)CC2)cc1. The zero-order valence-corrected chi connectivity index (χ0v) is 20.1. The van der Waals surface area contributed by atoms with E-state index in [1.54, 1.807) is 36.4 Å². The van der Waals surface area contributed by atoms with Gasteiger partial charge in [-0.3, -0.25) is 14.4 Å². The molecule has 0 radical (unpaired) electrons. The third kappa shape index (κ3) is 6.42. The average Bonchev–Trinajstić information content (AvgIpc) is 2.84. The lowest BCUT2D eigenvalue weighted by Gasteiger charge is -2.30. The first-order valence-corrected chi connectivity index (χ1v) is 12.6. The van der Waals surface area contributed by atoms with Crippen LogP contribution in [0.25, 0.3) is 0 Å². The summed E-state index contributed by atoms with van der Waals surface area (Å²) in [6, 6.07) is 12.7. The van der Waals surface area contributed by atoms with E-state index in [2.05, 4.69) is 10.6 Å². The number of hydrogen-bond acceptors (Lipinski definition) is 6. The molecule has 10 heteroatoms. The second kappa shape index (κ2) is 11.3. The molecule has 2 N–H and O–H groups in total. The van der Waals surface area contributed by atoms with Gasteiger partial charge in [-0.05, 0) is 63.1 Å². The van der Waals surface area contributed by atoms with Crippen LogP contribution in [0.1, 0.15) is 37.0 Å². The molecule has 3 rings (SSSR count). The van der Waals surface area contributed by atoms with Crippen molar-refractivity contribution in [1.82, 2.24) is 9.62 Å². The van der Waals surface area contributed by atoms with E-state index in [-0.39, 0.29) is 48.1 Å². The number of piperidine rings is 1. The van der Waals surface area contributed by atoms with Gasteiger partial charge in [-0.15, -0.1) is 0 Å². The van der Waals surface area contributed by atoms with E-state index in [9.17, 15) is 22.8 Å². The first-order chi connectivity index (χ1) is 16.2. The van der Waals surface area contributed by atoms with Crippen molar-refractivity contribution in [2.24, 2.45) is 5.92 Å². The Balaban J connectivity index is 1.53. The normalized spacial score (nSPS) is 14.9. The molecule has 182 valence electrons. The maximum atomic E-state index is 13.0. The number of rotatable bonds is 9. The maximum absolute atomic E-state index is 13.0. The summed E-state index contributed by atoms with van der Waals surface area (Å²) < 4.78 is 32.7. The first-order valence-electron chi connectivity index (χ1n) is 11.1. The van der Waals surface area contributed by atoms with Crippen molar-refractivity contribution in [3.8, 4) is 5.75 Å². The number of nitrogens with one attached hydrogen (secondary N) is 2. The van der Waals surface area contributed by atoms with Crippen LogP contribution in [0.3, 0.4) is 0 Å². The Morgan fingerprint density at radius 2 is 1.74 bits per heavy atom. The molecule has 1 fully saturated rings. The van der Waals surface area contributed by atoms with Crippen LogP contribution >= 0.6 is 0 Å². The molecule has 2 aromatic carbocycles. The standard InChI is InChI=1S/C24H29N3O6S/c1-3-25-23(29)16-33-21-9-7-20(8-10-21)26-24(30)18-11-13-27(14-12-18)34(31,32)22-6-4-5-19(15-22)17(2)28/h4-10,15,18H,3,11-14,16H2,1-2H3,(H,25,29)(H,26,30). The Bertz CT molecular complexity index is 1140. The average molecular weight is 488 g/mol. The van der Waals surface area contributed by atoms with E-state index in [0.717, 1.165) is 0 Å². The number of ketones is 1. The van der Waals surface area contributed by atoms with E-state index in [0.29, 0.717) is 36.4 Å². The number of amides is 2. The largest absolute Gasteiger partial charge is 0.484 e. The summed E-state index contributed by atoms with van der Waals surface area (Å²) in [6.45, 7) is 4.11. The predicted molar refractivity (Wildman–Crippen MR) is 127 cm³/mol. The minimum atomic E-state index is -3.74. The molecule has 0 saturated carbocycles. The van der Waals surface area contributed by atoms with Crippen molar-refractivity contribution in [3.05, 3.63) is 54.1 Å². The second-order valence-corrected chi connectivity index (χ2v) is 9.96. The lowest BCUT2D eigenvalue weighted by molar-refractivity contribution is -0.123. The first kappa shape index (κ1) is 25.4. The third-order valence-corrected chi connectivity index (χ3v) is 7.46. The molecule has 0 bridgehead atoms. The molecule has 1 aliphatic heterocycles. The van der Waals surface area contributed by atoms with Crippen molar-refractivity contribution in [2.75, 3.05) is 31.6 Å². The molecule has 0 atom stereocenters. The minimum Gasteiger partial charge on any atom is -0.484 e. The molecule has 1 saturated heterocycles. The van der Waals surface area contributed by atoms with Crippen LogP contribution in [0.15, 0.2) is 53.4 Å². The summed E-state index contributed by atoms with van der Waals surface area (Å²) in [7, 11) is -3.74. The highest BCUT2D eigenvalue weighted by atomic mass is 32.2. The number of sulfonamides is 1. The highest BCUT2D eigenvalue weighted by Crippen LogP contribution is 2.26. The summed E-state index contributed by atoms with van der Waals surface area (Å²) >= 11 is 0. The third-order valence-electron chi connectivity index (χ3n) is 5.57. The van der Waals surface area contributed by atoms with Crippen LogP contribution in [-0.4, -0.2) is 56.6 Å². The van der Waals surface area contributed by atoms with Gasteiger partial charge < -0.3 is 15.4 Å². The molecule has 34 heavy (non-hydrogen) atoms. The van der Waals surface area contributed by atoms with Gasteiger partial charge in [0.05, 0.1) is 4.90 Å². The number of ether oxygens (including phenoxy) is 1. The van der Waals surface area contributed by atoms with Gasteiger partial charge in [-0.25, -0.2) is 8.42 Å². The lowest BCUT2D eigenvalue weighted by atomic mass is 9.97. The fraction of sp³-hybridized carbons (Fsp3) is 0.375. The molecular formula is C24H29N3O6S. The minimum absolute atomic E-state index is 0.0811. The summed E-state index contributed by atoms with van der Waals surface area (Å²) in [4.78, 5) is 35.8. The quantitative estimate of drug-likeness (QED) is 0.524. The number of Topliss-reactive ketones (excluding diaryl/α,β-unsaturated/α-hetero) is 1. The van der Waals surface area contributed by atoms with Crippen LogP contribution < -0.4 is 15.4 Å². The number of carbonyl (C=O) groups excluding carboxylic acids is 3. The van der Waals surface area contributed by atoms with Crippen LogP contribution in [0.4, 0.5) is 5.69 Å². The molecule has 0 aromatic heterocycles. The van der Waals surface area contributed by atoms with Crippen LogP contribution in [0.5, 0.6) is 5.75 Å². The number of likely N-dealkylation sites (N-methyl/N-ethyl adjacent to an activating group) is 1. The zero-order valence-electron chi connectivity index (χ0n) is 19.2. The van der Waals surface area contributed by atoms with Gasteiger partial charge in [-0.1, -0.05) is 12.1 Å². The van der Waals surface area contributed by atoms with E-state index in [1.807, 2.05) is 6.92 Å². The van der Waals surface area contributed by atoms with E-state index in [1.165, 1.54) is 23.4 Å². The van der Waals surface area contributed by atoms with Gasteiger partial charge in [0.15, 0.2) is 12.4 Å². The van der Waals surface area contributed by atoms with Crippen molar-refractivity contribution in [2.45, 2.75) is 31.6 Å². The van der Waals surface area contributed by atoms with Crippen molar-refractivity contribution in [1.29, 1.82) is 0 Å². The van der Waals surface area contributed by atoms with Crippen LogP contribution in [-0.2, 0) is 19.6 Å². The maximum Gasteiger partial charge on any atom is 0.257 e. The number of nitrogens with zero attached hydrogens (tertiary/aromatic N) is 1. The van der Waals surface area contributed by atoms with Gasteiger partial charge >= 0.3 is 0 Å². The van der Waals surface area contributed by atoms with E-state index >= 15 is 0 Å². The molecule has 1 aliphatic rings. The van der Waals surface area contributed by atoms with E-state index < -0.39 is 10.0 Å². The topological polar surface area (TPSA) is 122 Å². The Labute approximate surface area is 199 Å². The molecule has 9 nitrogen and oxygen atoms in total. The Kier molecular flexibility index (Phi) is 8.41. The van der Waals surface area contributed by atoms with Crippen molar-refractivity contribution < 1.29 is 27.5 Å². The Morgan fingerprint density at radius 1 is 1.06 bits per heavy atom. The molecule has 2 amide bonds. The summed E-state index contributed by atoms with van der Waals surface area (Å²) in [5.74, 6) is -0.388. The lowest BCUT2D eigenvalue weighted by Crippen LogP contribution is -2.41. The highest BCUT2D eigenvalue weighted by Gasteiger charge is 2.32.